The molecular formula is C10H16N4O3. The van der Waals surface area contributed by atoms with Gasteiger partial charge in [-0.3, -0.25) is 4.79 Å². The minimum atomic E-state index is -0.560. The summed E-state index contributed by atoms with van der Waals surface area (Å²) in [7, 11) is 0. The maximum atomic E-state index is 11.4. The number of nitro groups is 1. The fraction of sp³-hybridized carbons (Fsp3) is 0.600. The van der Waals surface area contributed by atoms with Gasteiger partial charge in [-0.05, 0) is 10.8 Å². The van der Waals surface area contributed by atoms with Crippen molar-refractivity contribution in [2.24, 2.45) is 5.92 Å². The van der Waals surface area contributed by atoms with Crippen LogP contribution in [0.25, 0.3) is 0 Å². The Balaban J connectivity index is 2.34. The predicted octanol–water partition coefficient (Wildman–Crippen LogP) is 0.954. The monoisotopic (exact) mass is 240 g/mol. The summed E-state index contributed by atoms with van der Waals surface area (Å²) in [4.78, 5) is 21.2. The molecule has 0 aliphatic carbocycles. The molecule has 1 heterocycles. The highest BCUT2D eigenvalue weighted by Crippen LogP contribution is 2.05. The van der Waals surface area contributed by atoms with Crippen LogP contribution >= 0.6 is 0 Å². The van der Waals surface area contributed by atoms with Crippen LogP contribution in [0.2, 0.25) is 0 Å². The fourth-order valence-electron chi connectivity index (χ4n) is 1.20. The highest BCUT2D eigenvalue weighted by atomic mass is 16.6. The van der Waals surface area contributed by atoms with Gasteiger partial charge < -0.3 is 15.4 Å². The summed E-state index contributed by atoms with van der Waals surface area (Å²) < 4.78 is 1.40. The molecule has 0 aliphatic heterocycles. The standard InChI is InChI=1S/C10H16N4O3/c1-8(2)7-11-10(15)4-6-13-5-3-9(12-13)14(16)17/h3,5,8H,4,6-7H2,1-2H3,(H,11,15). The van der Waals surface area contributed by atoms with Crippen LogP contribution in [0.5, 0.6) is 0 Å². The minimum Gasteiger partial charge on any atom is -0.358 e. The van der Waals surface area contributed by atoms with Crippen LogP contribution in [-0.4, -0.2) is 27.2 Å². The third-order valence-electron chi connectivity index (χ3n) is 2.09. The number of hydrogen-bond acceptors (Lipinski definition) is 4. The molecule has 1 aromatic heterocycles. The molecule has 1 rings (SSSR count). The van der Waals surface area contributed by atoms with Crippen LogP contribution in [-0.2, 0) is 11.3 Å². The second-order valence-electron chi connectivity index (χ2n) is 4.14. The summed E-state index contributed by atoms with van der Waals surface area (Å²) in [5.74, 6) is 0.134. The Morgan fingerprint density at radius 1 is 1.65 bits per heavy atom. The third-order valence-corrected chi connectivity index (χ3v) is 2.09. The first kappa shape index (κ1) is 13.1. The zero-order valence-electron chi connectivity index (χ0n) is 9.92. The molecular weight excluding hydrogens is 224 g/mol. The van der Waals surface area contributed by atoms with Crippen molar-refractivity contribution in [3.05, 3.63) is 22.4 Å². The van der Waals surface area contributed by atoms with Gasteiger partial charge in [0, 0.05) is 13.0 Å². The van der Waals surface area contributed by atoms with E-state index in [-0.39, 0.29) is 18.1 Å². The van der Waals surface area contributed by atoms with E-state index in [4.69, 9.17) is 0 Å². The van der Waals surface area contributed by atoms with Gasteiger partial charge in [0.1, 0.15) is 0 Å². The molecule has 0 atom stereocenters. The van der Waals surface area contributed by atoms with Crippen molar-refractivity contribution >= 4 is 11.7 Å². The summed E-state index contributed by atoms with van der Waals surface area (Å²) >= 11 is 0. The quantitative estimate of drug-likeness (QED) is 0.592. The Bertz CT molecular complexity index is 400. The van der Waals surface area contributed by atoms with Gasteiger partial charge in [0.2, 0.25) is 5.91 Å². The normalized spacial score (nSPS) is 10.5. The summed E-state index contributed by atoms with van der Waals surface area (Å²) in [5, 5.41) is 16.9. The molecule has 1 aromatic rings. The maximum absolute atomic E-state index is 11.4. The Hall–Kier alpha value is -1.92. The van der Waals surface area contributed by atoms with Gasteiger partial charge in [-0.15, -0.1) is 0 Å². The van der Waals surface area contributed by atoms with Gasteiger partial charge in [0.25, 0.3) is 0 Å². The molecule has 94 valence electrons. The molecule has 17 heavy (non-hydrogen) atoms. The average Bonchev–Trinajstić information content (AvgIpc) is 2.72. The fourth-order valence-corrected chi connectivity index (χ4v) is 1.20. The van der Waals surface area contributed by atoms with Crippen LogP contribution in [0.1, 0.15) is 20.3 Å². The van der Waals surface area contributed by atoms with Crippen molar-refractivity contribution < 1.29 is 9.72 Å². The number of nitrogens with one attached hydrogen (secondary N) is 1. The number of aryl methyl sites for hydroxylation is 1. The SMILES string of the molecule is CC(C)CNC(=O)CCn1ccc([N+](=O)[O-])n1. The van der Waals surface area contributed by atoms with Crippen molar-refractivity contribution in [3.63, 3.8) is 0 Å². The molecule has 0 aliphatic rings. The summed E-state index contributed by atoms with van der Waals surface area (Å²) in [6.45, 7) is 5.00. The van der Waals surface area contributed by atoms with Crippen molar-refractivity contribution in [3.8, 4) is 0 Å². The Morgan fingerprint density at radius 3 is 2.88 bits per heavy atom. The van der Waals surface area contributed by atoms with Gasteiger partial charge in [0.15, 0.2) is 0 Å². The molecule has 0 saturated heterocycles. The molecule has 7 heteroatoms. The molecule has 0 bridgehead atoms. The topological polar surface area (TPSA) is 90.1 Å². The van der Waals surface area contributed by atoms with E-state index in [1.807, 2.05) is 13.8 Å². The summed E-state index contributed by atoms with van der Waals surface area (Å²) in [6.07, 6.45) is 1.76. The summed E-state index contributed by atoms with van der Waals surface area (Å²) in [5.41, 5.74) is 0. The molecule has 7 nitrogen and oxygen atoms in total. The summed E-state index contributed by atoms with van der Waals surface area (Å²) in [6, 6.07) is 1.31. The zero-order valence-corrected chi connectivity index (χ0v) is 9.92. The molecule has 0 aromatic carbocycles. The van der Waals surface area contributed by atoms with Gasteiger partial charge in [-0.1, -0.05) is 13.8 Å². The lowest BCUT2D eigenvalue weighted by molar-refractivity contribution is -0.389. The van der Waals surface area contributed by atoms with E-state index in [2.05, 4.69) is 10.4 Å². The van der Waals surface area contributed by atoms with Gasteiger partial charge in [-0.2, -0.15) is 4.68 Å². The van der Waals surface area contributed by atoms with E-state index in [0.717, 1.165) is 0 Å². The van der Waals surface area contributed by atoms with E-state index in [0.29, 0.717) is 19.0 Å². The third kappa shape index (κ3) is 4.62. The van der Waals surface area contributed by atoms with Crippen molar-refractivity contribution in [1.29, 1.82) is 0 Å². The molecule has 0 radical (unpaired) electrons. The smallest absolute Gasteiger partial charge is 0.358 e. The van der Waals surface area contributed by atoms with E-state index in [1.165, 1.54) is 16.9 Å². The van der Waals surface area contributed by atoms with E-state index >= 15 is 0 Å². The molecule has 1 amide bonds. The number of carbonyl (C=O) groups is 1. The maximum Gasteiger partial charge on any atom is 0.389 e. The predicted molar refractivity (Wildman–Crippen MR) is 61.3 cm³/mol. The lowest BCUT2D eigenvalue weighted by atomic mass is 10.2. The van der Waals surface area contributed by atoms with Gasteiger partial charge in [0.05, 0.1) is 23.9 Å². The molecule has 1 N–H and O–H groups in total. The Labute approximate surface area is 99.0 Å². The number of rotatable bonds is 6. The number of carbonyl (C=O) groups excluding carboxylic acids is 1. The van der Waals surface area contributed by atoms with Crippen LogP contribution in [0.15, 0.2) is 12.3 Å². The average molecular weight is 240 g/mol. The largest absolute Gasteiger partial charge is 0.389 e. The molecule has 0 spiro atoms. The van der Waals surface area contributed by atoms with E-state index in [9.17, 15) is 14.9 Å². The first-order valence-corrected chi connectivity index (χ1v) is 5.43. The minimum absolute atomic E-state index is 0.0724. The van der Waals surface area contributed by atoms with Crippen LogP contribution in [0, 0.1) is 16.0 Å². The second kappa shape index (κ2) is 5.97. The van der Waals surface area contributed by atoms with Gasteiger partial charge in [-0.25, -0.2) is 0 Å². The van der Waals surface area contributed by atoms with Crippen LogP contribution in [0.3, 0.4) is 0 Å². The number of amides is 1. The lowest BCUT2D eigenvalue weighted by Crippen LogP contribution is -2.28. The highest BCUT2D eigenvalue weighted by Gasteiger charge is 2.11. The van der Waals surface area contributed by atoms with Crippen LogP contribution < -0.4 is 5.32 Å². The van der Waals surface area contributed by atoms with E-state index in [1.54, 1.807) is 0 Å². The lowest BCUT2D eigenvalue weighted by Gasteiger charge is -2.06. The number of aromatic nitrogens is 2. The zero-order chi connectivity index (χ0) is 12.8. The van der Waals surface area contributed by atoms with Gasteiger partial charge >= 0.3 is 5.82 Å². The number of nitrogens with zero attached hydrogens (tertiary/aromatic N) is 3. The number of hydrogen-bond donors (Lipinski definition) is 1. The highest BCUT2D eigenvalue weighted by molar-refractivity contribution is 5.75. The van der Waals surface area contributed by atoms with Crippen molar-refractivity contribution in [1.82, 2.24) is 15.1 Å². The second-order valence-corrected chi connectivity index (χ2v) is 4.14. The van der Waals surface area contributed by atoms with Crippen LogP contribution in [0.4, 0.5) is 5.82 Å². The molecule has 0 saturated carbocycles. The first-order valence-electron chi connectivity index (χ1n) is 5.43. The molecule has 0 fully saturated rings. The van der Waals surface area contributed by atoms with E-state index < -0.39 is 4.92 Å². The van der Waals surface area contributed by atoms with Crippen molar-refractivity contribution in [2.75, 3.05) is 6.54 Å². The first-order chi connectivity index (χ1) is 7.99. The Kier molecular flexibility index (Phi) is 4.62. The molecule has 0 unspecified atom stereocenters. The van der Waals surface area contributed by atoms with Crippen molar-refractivity contribution in [2.45, 2.75) is 26.8 Å². The Morgan fingerprint density at radius 2 is 2.35 bits per heavy atom.